The third-order valence-electron chi connectivity index (χ3n) is 1.81. The first kappa shape index (κ1) is 13.4. The van der Waals surface area contributed by atoms with Crippen LogP contribution in [0.1, 0.15) is 6.42 Å². The highest BCUT2D eigenvalue weighted by molar-refractivity contribution is 9.10. The van der Waals surface area contributed by atoms with E-state index in [0.717, 1.165) is 0 Å². The summed E-state index contributed by atoms with van der Waals surface area (Å²) in [5.41, 5.74) is 5.55. The summed E-state index contributed by atoms with van der Waals surface area (Å²) in [6.07, 6.45) is 0.387. The molecule has 0 saturated heterocycles. The van der Waals surface area contributed by atoms with Gasteiger partial charge in [-0.15, -0.1) is 0 Å². The van der Waals surface area contributed by atoms with Crippen molar-refractivity contribution in [3.63, 3.8) is 0 Å². The molecule has 0 aliphatic rings. The van der Waals surface area contributed by atoms with Gasteiger partial charge in [-0.1, -0.05) is 0 Å². The lowest BCUT2D eigenvalue weighted by atomic mass is 10.3. The fourth-order valence-corrected chi connectivity index (χ4v) is 2.58. The van der Waals surface area contributed by atoms with Crippen molar-refractivity contribution >= 4 is 31.6 Å². The van der Waals surface area contributed by atoms with Crippen molar-refractivity contribution in [2.45, 2.75) is 6.42 Å². The molecule has 0 amide bonds. The molecule has 0 bridgehead atoms. The lowest BCUT2D eigenvalue weighted by Gasteiger charge is -2.07. The Labute approximate surface area is 102 Å². The molecule has 3 N–H and O–H groups in total. The molecule has 7 heteroatoms. The lowest BCUT2D eigenvalue weighted by molar-refractivity contribution is 0.598. The van der Waals surface area contributed by atoms with Crippen LogP contribution in [0.25, 0.3) is 0 Å². The topological polar surface area (TPSA) is 72.2 Å². The van der Waals surface area contributed by atoms with Crippen molar-refractivity contribution in [3.05, 3.63) is 28.5 Å². The number of halogens is 2. The van der Waals surface area contributed by atoms with Crippen LogP contribution in [0.3, 0.4) is 0 Å². The van der Waals surface area contributed by atoms with E-state index in [1.807, 2.05) is 0 Å². The molecule has 0 fully saturated rings. The number of nitrogens with two attached hydrogens (primary N) is 1. The maximum atomic E-state index is 12.9. The molecular weight excluding hydrogens is 299 g/mol. The summed E-state index contributed by atoms with van der Waals surface area (Å²) in [4.78, 5) is 0. The summed E-state index contributed by atoms with van der Waals surface area (Å²) in [5.74, 6) is -0.483. The zero-order valence-electron chi connectivity index (χ0n) is 8.41. The second-order valence-corrected chi connectivity index (χ2v) is 5.89. The van der Waals surface area contributed by atoms with Crippen molar-refractivity contribution in [3.8, 4) is 0 Å². The zero-order valence-corrected chi connectivity index (χ0v) is 10.8. The average molecular weight is 311 g/mol. The van der Waals surface area contributed by atoms with Gasteiger partial charge in [0.25, 0.3) is 0 Å². The van der Waals surface area contributed by atoms with Crippen LogP contribution >= 0.6 is 15.9 Å². The highest BCUT2D eigenvalue weighted by Crippen LogP contribution is 2.20. The standard InChI is InChI=1S/C9H12BrFN2O2S/c10-8-6-7(2-3-9(8)11)13-16(14,15)5-1-4-12/h2-3,6,13H,1,4-5,12H2. The Hall–Kier alpha value is -0.660. The number of benzene rings is 1. The first-order chi connectivity index (χ1) is 7.44. The molecule has 0 spiro atoms. The van der Waals surface area contributed by atoms with Gasteiger partial charge in [0, 0.05) is 5.69 Å². The molecule has 0 aliphatic heterocycles. The van der Waals surface area contributed by atoms with E-state index in [0.29, 0.717) is 18.7 Å². The minimum Gasteiger partial charge on any atom is -0.330 e. The van der Waals surface area contributed by atoms with Gasteiger partial charge in [-0.3, -0.25) is 4.72 Å². The molecule has 16 heavy (non-hydrogen) atoms. The largest absolute Gasteiger partial charge is 0.330 e. The molecule has 1 aromatic rings. The predicted octanol–water partition coefficient (Wildman–Crippen LogP) is 1.68. The zero-order chi connectivity index (χ0) is 12.2. The summed E-state index contributed by atoms with van der Waals surface area (Å²) in [6.45, 7) is 0.314. The summed E-state index contributed by atoms with van der Waals surface area (Å²) in [7, 11) is -3.40. The van der Waals surface area contributed by atoms with Crippen molar-refractivity contribution in [2.75, 3.05) is 17.0 Å². The normalized spacial score (nSPS) is 11.4. The number of hydrogen-bond acceptors (Lipinski definition) is 3. The third-order valence-corrected chi connectivity index (χ3v) is 3.79. The summed E-state index contributed by atoms with van der Waals surface area (Å²) in [6, 6.07) is 3.92. The van der Waals surface area contributed by atoms with Crippen LogP contribution in [0.2, 0.25) is 0 Å². The third kappa shape index (κ3) is 4.07. The van der Waals surface area contributed by atoms with Crippen LogP contribution in [0.5, 0.6) is 0 Å². The van der Waals surface area contributed by atoms with Crippen molar-refractivity contribution in [2.24, 2.45) is 5.73 Å². The van der Waals surface area contributed by atoms with Gasteiger partial charge >= 0.3 is 0 Å². The minimum atomic E-state index is -3.40. The van der Waals surface area contributed by atoms with E-state index in [1.54, 1.807) is 0 Å². The Morgan fingerprint density at radius 1 is 1.44 bits per heavy atom. The van der Waals surface area contributed by atoms with Crippen LogP contribution in [0.4, 0.5) is 10.1 Å². The highest BCUT2D eigenvalue weighted by atomic mass is 79.9. The molecule has 0 aromatic heterocycles. The quantitative estimate of drug-likeness (QED) is 0.869. The Morgan fingerprint density at radius 3 is 2.69 bits per heavy atom. The van der Waals surface area contributed by atoms with Crippen LogP contribution in [-0.2, 0) is 10.0 Å². The monoisotopic (exact) mass is 310 g/mol. The maximum Gasteiger partial charge on any atom is 0.232 e. The van der Waals surface area contributed by atoms with E-state index in [-0.39, 0.29) is 10.2 Å². The first-order valence-corrected chi connectivity index (χ1v) is 7.05. The van der Waals surface area contributed by atoms with Crippen LogP contribution in [-0.4, -0.2) is 20.7 Å². The molecule has 0 unspecified atom stereocenters. The molecule has 0 heterocycles. The average Bonchev–Trinajstić information content (AvgIpc) is 2.20. The maximum absolute atomic E-state index is 12.9. The van der Waals surface area contributed by atoms with Gasteiger partial charge in [0.05, 0.1) is 10.2 Å². The Balaban J connectivity index is 2.76. The molecular formula is C9H12BrFN2O2S. The SMILES string of the molecule is NCCCS(=O)(=O)Nc1ccc(F)c(Br)c1. The highest BCUT2D eigenvalue weighted by Gasteiger charge is 2.10. The van der Waals surface area contributed by atoms with Gasteiger partial charge < -0.3 is 5.73 Å². The lowest BCUT2D eigenvalue weighted by Crippen LogP contribution is -2.18. The van der Waals surface area contributed by atoms with E-state index in [2.05, 4.69) is 20.7 Å². The van der Waals surface area contributed by atoms with E-state index >= 15 is 0 Å². The molecule has 0 saturated carbocycles. The Bertz CT molecular complexity index is 465. The molecule has 4 nitrogen and oxygen atoms in total. The van der Waals surface area contributed by atoms with Crippen LogP contribution in [0.15, 0.2) is 22.7 Å². The molecule has 0 aliphatic carbocycles. The van der Waals surface area contributed by atoms with Crippen molar-refractivity contribution in [1.82, 2.24) is 0 Å². The fraction of sp³-hybridized carbons (Fsp3) is 0.333. The molecule has 0 atom stereocenters. The Morgan fingerprint density at radius 2 is 2.12 bits per heavy atom. The summed E-state index contributed by atoms with van der Waals surface area (Å²) in [5, 5.41) is 0. The Kier molecular flexibility index (Phi) is 4.69. The minimum absolute atomic E-state index is 0.0432. The number of sulfonamides is 1. The number of nitrogens with one attached hydrogen (secondary N) is 1. The smallest absolute Gasteiger partial charge is 0.232 e. The molecule has 1 aromatic carbocycles. The van der Waals surface area contributed by atoms with E-state index < -0.39 is 15.8 Å². The molecule has 0 radical (unpaired) electrons. The summed E-state index contributed by atoms with van der Waals surface area (Å²) >= 11 is 2.98. The van der Waals surface area contributed by atoms with Crippen molar-refractivity contribution in [1.29, 1.82) is 0 Å². The number of rotatable bonds is 5. The van der Waals surface area contributed by atoms with Gasteiger partial charge in [0.1, 0.15) is 5.82 Å². The fourth-order valence-electron chi connectivity index (χ4n) is 1.06. The van der Waals surface area contributed by atoms with Gasteiger partial charge in [-0.05, 0) is 47.1 Å². The number of hydrogen-bond donors (Lipinski definition) is 2. The van der Waals surface area contributed by atoms with E-state index in [1.165, 1.54) is 18.2 Å². The van der Waals surface area contributed by atoms with Gasteiger partial charge in [0.2, 0.25) is 10.0 Å². The molecule has 1 rings (SSSR count). The van der Waals surface area contributed by atoms with Crippen LogP contribution in [0, 0.1) is 5.82 Å². The van der Waals surface area contributed by atoms with Gasteiger partial charge in [-0.2, -0.15) is 0 Å². The van der Waals surface area contributed by atoms with Gasteiger partial charge in [-0.25, -0.2) is 12.8 Å². The van der Waals surface area contributed by atoms with Crippen molar-refractivity contribution < 1.29 is 12.8 Å². The van der Waals surface area contributed by atoms with Crippen LogP contribution < -0.4 is 10.5 Å². The first-order valence-electron chi connectivity index (χ1n) is 4.60. The second kappa shape index (κ2) is 5.60. The van der Waals surface area contributed by atoms with Gasteiger partial charge in [0.15, 0.2) is 0 Å². The predicted molar refractivity (Wildman–Crippen MR) is 65.2 cm³/mol. The van der Waals surface area contributed by atoms with E-state index in [4.69, 9.17) is 5.73 Å². The summed E-state index contributed by atoms with van der Waals surface area (Å²) < 4.78 is 38.4. The van der Waals surface area contributed by atoms with E-state index in [9.17, 15) is 12.8 Å². The molecule has 90 valence electrons. The second-order valence-electron chi connectivity index (χ2n) is 3.19. The number of anilines is 1.